The Morgan fingerprint density at radius 2 is 2.08 bits per heavy atom. The Labute approximate surface area is 152 Å². The molecule has 0 radical (unpaired) electrons. The predicted octanol–water partition coefficient (Wildman–Crippen LogP) is 6.40. The first kappa shape index (κ1) is 16.9. The molecule has 2 aliphatic rings. The molecular weight excluding hydrogens is 304 g/mol. The number of hydrogen-bond acceptors (Lipinski definition) is 1. The van der Waals surface area contributed by atoms with E-state index in [-0.39, 0.29) is 0 Å². The van der Waals surface area contributed by atoms with E-state index in [0.717, 1.165) is 23.3 Å². The number of fused-ring (bicyclic) bond motifs is 2. The molecule has 2 nitrogen and oxygen atoms in total. The van der Waals surface area contributed by atoms with Crippen molar-refractivity contribution in [3.8, 4) is 0 Å². The van der Waals surface area contributed by atoms with Crippen molar-refractivity contribution < 1.29 is 0 Å². The van der Waals surface area contributed by atoms with E-state index in [1.807, 2.05) is 0 Å². The molecule has 1 saturated carbocycles. The standard InChI is InChI=1S/C23H32N2/c1-5-17-10-11-18-14-19(12-13-23(18,4)22(17)16(2)3)25-15-24-20-8-6-7-9-21(20)25/h6-9,11,15-17,19,22H,5,10,12-14H2,1-4H3/t17?,19-,22?,23-/m0/s1. The van der Waals surface area contributed by atoms with Crippen molar-refractivity contribution in [3.63, 3.8) is 0 Å². The molecule has 134 valence electrons. The van der Waals surface area contributed by atoms with Crippen molar-refractivity contribution in [2.24, 2.45) is 23.2 Å². The molecule has 2 unspecified atom stereocenters. The minimum Gasteiger partial charge on any atom is -0.327 e. The van der Waals surface area contributed by atoms with Gasteiger partial charge in [0, 0.05) is 6.04 Å². The highest BCUT2D eigenvalue weighted by molar-refractivity contribution is 5.75. The lowest BCUT2D eigenvalue weighted by atomic mass is 9.53. The van der Waals surface area contributed by atoms with E-state index in [9.17, 15) is 0 Å². The highest BCUT2D eigenvalue weighted by atomic mass is 15.1. The Hall–Kier alpha value is -1.57. The zero-order valence-electron chi connectivity index (χ0n) is 16.2. The van der Waals surface area contributed by atoms with Gasteiger partial charge in [-0.15, -0.1) is 0 Å². The van der Waals surface area contributed by atoms with Gasteiger partial charge in [0.25, 0.3) is 0 Å². The van der Waals surface area contributed by atoms with E-state index < -0.39 is 0 Å². The molecule has 0 saturated heterocycles. The zero-order chi connectivity index (χ0) is 17.6. The second-order valence-corrected chi connectivity index (χ2v) is 8.86. The summed E-state index contributed by atoms with van der Waals surface area (Å²) in [6, 6.07) is 9.12. The first-order chi connectivity index (χ1) is 12.0. The number of hydrogen-bond donors (Lipinski definition) is 0. The topological polar surface area (TPSA) is 17.8 Å². The molecule has 0 amide bonds. The molecule has 0 spiro atoms. The quantitative estimate of drug-likeness (QED) is 0.593. The van der Waals surface area contributed by atoms with E-state index in [1.54, 1.807) is 5.57 Å². The third-order valence-electron chi connectivity index (χ3n) is 7.21. The molecular formula is C23H32N2. The Bertz CT molecular complexity index is 784. The number of benzene rings is 1. The molecule has 4 atom stereocenters. The minimum absolute atomic E-state index is 0.403. The van der Waals surface area contributed by atoms with Crippen molar-refractivity contribution in [1.29, 1.82) is 0 Å². The van der Waals surface area contributed by atoms with Crippen LogP contribution in [0.4, 0.5) is 0 Å². The molecule has 1 heterocycles. The number of imidazole rings is 1. The molecule has 1 aromatic carbocycles. The van der Waals surface area contributed by atoms with Crippen LogP contribution in [0.3, 0.4) is 0 Å². The van der Waals surface area contributed by atoms with Gasteiger partial charge in [0.15, 0.2) is 0 Å². The van der Waals surface area contributed by atoms with Crippen molar-refractivity contribution in [3.05, 3.63) is 42.2 Å². The predicted molar refractivity (Wildman–Crippen MR) is 106 cm³/mol. The van der Waals surface area contributed by atoms with E-state index in [0.29, 0.717) is 11.5 Å². The molecule has 2 aliphatic carbocycles. The SMILES string of the molecule is CCC1CC=C2C[C@@H](n3cnc4ccccc43)CC[C@]2(C)C1C(C)C. The van der Waals surface area contributed by atoms with Gasteiger partial charge in [-0.3, -0.25) is 0 Å². The fourth-order valence-electron chi connectivity index (χ4n) is 6.08. The fraction of sp³-hybridized carbons (Fsp3) is 0.609. The maximum atomic E-state index is 4.63. The highest BCUT2D eigenvalue weighted by Gasteiger charge is 2.47. The number of aromatic nitrogens is 2. The molecule has 1 fully saturated rings. The summed E-state index contributed by atoms with van der Waals surface area (Å²) in [5, 5.41) is 0. The van der Waals surface area contributed by atoms with Crippen LogP contribution in [0.25, 0.3) is 11.0 Å². The van der Waals surface area contributed by atoms with Crippen LogP contribution in [0.2, 0.25) is 0 Å². The maximum absolute atomic E-state index is 4.63. The van der Waals surface area contributed by atoms with E-state index in [1.165, 1.54) is 37.6 Å². The lowest BCUT2D eigenvalue weighted by molar-refractivity contribution is 0.0556. The van der Waals surface area contributed by atoms with Gasteiger partial charge < -0.3 is 4.57 Å². The molecule has 25 heavy (non-hydrogen) atoms. The maximum Gasteiger partial charge on any atom is 0.0961 e. The number of rotatable bonds is 3. The van der Waals surface area contributed by atoms with Crippen molar-refractivity contribution in [2.75, 3.05) is 0 Å². The zero-order valence-corrected chi connectivity index (χ0v) is 16.2. The van der Waals surface area contributed by atoms with Crippen LogP contribution in [0.5, 0.6) is 0 Å². The lowest BCUT2D eigenvalue weighted by Gasteiger charge is -2.52. The van der Waals surface area contributed by atoms with Crippen LogP contribution in [-0.2, 0) is 0 Å². The summed E-state index contributed by atoms with van der Waals surface area (Å²) in [6.45, 7) is 9.83. The molecule has 0 bridgehead atoms. The Morgan fingerprint density at radius 3 is 2.84 bits per heavy atom. The van der Waals surface area contributed by atoms with Gasteiger partial charge in [-0.25, -0.2) is 4.98 Å². The summed E-state index contributed by atoms with van der Waals surface area (Å²) < 4.78 is 2.44. The second kappa shape index (κ2) is 6.30. The van der Waals surface area contributed by atoms with Gasteiger partial charge in [0.2, 0.25) is 0 Å². The third-order valence-corrected chi connectivity index (χ3v) is 7.21. The average molecular weight is 337 g/mol. The van der Waals surface area contributed by atoms with Gasteiger partial charge in [0.1, 0.15) is 0 Å². The van der Waals surface area contributed by atoms with Crippen molar-refractivity contribution >= 4 is 11.0 Å². The van der Waals surface area contributed by atoms with Crippen LogP contribution < -0.4 is 0 Å². The molecule has 0 N–H and O–H groups in total. The minimum atomic E-state index is 0.403. The van der Waals surface area contributed by atoms with Crippen LogP contribution >= 0.6 is 0 Å². The normalized spacial score (nSPS) is 32.7. The molecule has 4 rings (SSSR count). The molecule has 2 heteroatoms. The van der Waals surface area contributed by atoms with Gasteiger partial charge in [-0.1, -0.05) is 57.9 Å². The summed E-state index contributed by atoms with van der Waals surface area (Å²) in [5.74, 6) is 2.46. The van der Waals surface area contributed by atoms with E-state index in [4.69, 9.17) is 0 Å². The van der Waals surface area contributed by atoms with E-state index in [2.05, 4.69) is 73.9 Å². The Morgan fingerprint density at radius 1 is 1.28 bits per heavy atom. The van der Waals surface area contributed by atoms with E-state index >= 15 is 0 Å². The lowest BCUT2D eigenvalue weighted by Crippen LogP contribution is -2.43. The molecule has 0 aliphatic heterocycles. The fourth-order valence-corrected chi connectivity index (χ4v) is 6.08. The Kier molecular flexibility index (Phi) is 4.25. The number of para-hydroxylation sites is 2. The average Bonchev–Trinajstić information content (AvgIpc) is 3.03. The number of nitrogens with zero attached hydrogens (tertiary/aromatic N) is 2. The van der Waals surface area contributed by atoms with Gasteiger partial charge in [-0.2, -0.15) is 0 Å². The van der Waals surface area contributed by atoms with Crippen LogP contribution in [0.1, 0.15) is 65.8 Å². The van der Waals surface area contributed by atoms with Crippen molar-refractivity contribution in [1.82, 2.24) is 9.55 Å². The van der Waals surface area contributed by atoms with Gasteiger partial charge in [0.05, 0.1) is 17.4 Å². The first-order valence-corrected chi connectivity index (χ1v) is 10.2. The summed E-state index contributed by atoms with van der Waals surface area (Å²) in [4.78, 5) is 4.63. The first-order valence-electron chi connectivity index (χ1n) is 10.2. The summed E-state index contributed by atoms with van der Waals surface area (Å²) >= 11 is 0. The summed E-state index contributed by atoms with van der Waals surface area (Å²) in [6.07, 6.45) is 11.1. The number of allylic oxidation sites excluding steroid dienone is 2. The van der Waals surface area contributed by atoms with Crippen molar-refractivity contribution in [2.45, 2.75) is 65.8 Å². The third kappa shape index (κ3) is 2.65. The molecule has 1 aromatic heterocycles. The monoisotopic (exact) mass is 336 g/mol. The Balaban J connectivity index is 1.66. The highest BCUT2D eigenvalue weighted by Crippen LogP contribution is 2.57. The van der Waals surface area contributed by atoms with Crippen LogP contribution in [-0.4, -0.2) is 9.55 Å². The van der Waals surface area contributed by atoms with Crippen LogP contribution in [0, 0.1) is 23.2 Å². The largest absolute Gasteiger partial charge is 0.327 e. The second-order valence-electron chi connectivity index (χ2n) is 8.86. The smallest absolute Gasteiger partial charge is 0.0961 e. The van der Waals surface area contributed by atoms with Crippen LogP contribution in [0.15, 0.2) is 42.2 Å². The van der Waals surface area contributed by atoms with Gasteiger partial charge in [-0.05, 0) is 61.0 Å². The molecule has 2 aromatic rings. The summed E-state index contributed by atoms with van der Waals surface area (Å²) in [7, 11) is 0. The summed E-state index contributed by atoms with van der Waals surface area (Å²) in [5.41, 5.74) is 4.55. The van der Waals surface area contributed by atoms with Gasteiger partial charge >= 0.3 is 0 Å².